The minimum Gasteiger partial charge on any atom is -0.310 e. The summed E-state index contributed by atoms with van der Waals surface area (Å²) in [5.74, 6) is 0. The first-order valence-corrected chi connectivity index (χ1v) is 19.3. The summed E-state index contributed by atoms with van der Waals surface area (Å²) in [5.41, 5.74) is 18.0. The van der Waals surface area contributed by atoms with Gasteiger partial charge < -0.3 is 4.90 Å². The van der Waals surface area contributed by atoms with Crippen molar-refractivity contribution >= 4 is 57.4 Å². The summed E-state index contributed by atoms with van der Waals surface area (Å²) in [4.78, 5) is 20.2. The van der Waals surface area contributed by atoms with Crippen LogP contribution < -0.4 is 4.90 Å². The minimum atomic E-state index is -0.122. The molecule has 0 saturated heterocycles. The van der Waals surface area contributed by atoms with Crippen molar-refractivity contribution in [2.75, 3.05) is 4.90 Å². The van der Waals surface area contributed by atoms with Crippen LogP contribution in [-0.2, 0) is 10.8 Å². The zero-order chi connectivity index (χ0) is 36.1. The second-order valence-corrected chi connectivity index (χ2v) is 16.6. The van der Waals surface area contributed by atoms with Crippen molar-refractivity contribution in [2.45, 2.75) is 38.5 Å². The number of pyridine rings is 1. The van der Waals surface area contributed by atoms with Gasteiger partial charge in [-0.1, -0.05) is 100 Å². The van der Waals surface area contributed by atoms with Gasteiger partial charge >= 0.3 is 0 Å². The molecule has 10 rings (SSSR count). The maximum Gasteiger partial charge on any atom is 0.160 e. The molecule has 5 aromatic carbocycles. The number of benzene rings is 5. The fourth-order valence-corrected chi connectivity index (χ4v) is 9.99. The summed E-state index contributed by atoms with van der Waals surface area (Å²) in [5, 5.41) is 0. The molecule has 53 heavy (non-hydrogen) atoms. The molecule has 0 unspecified atom stereocenters. The van der Waals surface area contributed by atoms with E-state index in [0.29, 0.717) is 4.88 Å². The molecule has 0 N–H and O–H groups in total. The van der Waals surface area contributed by atoms with Gasteiger partial charge in [-0.05, 0) is 98.6 Å². The predicted molar refractivity (Wildman–Crippen MR) is 219 cm³/mol. The van der Waals surface area contributed by atoms with Crippen LogP contribution in [0.2, 0.25) is 0 Å². The quantitative estimate of drug-likeness (QED) is 0.160. The molecule has 0 atom stereocenters. The first-order chi connectivity index (χ1) is 25.7. The molecule has 3 aromatic heterocycles. The van der Waals surface area contributed by atoms with Crippen LogP contribution in [0.4, 0.5) is 17.1 Å². The van der Waals surface area contributed by atoms with Crippen LogP contribution >= 0.6 is 23.1 Å². The van der Waals surface area contributed by atoms with E-state index in [4.69, 9.17) is 9.36 Å². The molecule has 0 fully saturated rings. The Hall–Kier alpha value is -5.76. The van der Waals surface area contributed by atoms with Crippen LogP contribution in [0.15, 0.2) is 128 Å². The van der Waals surface area contributed by atoms with E-state index in [1.54, 1.807) is 0 Å². The SMILES string of the molecule is CC1(C)c2ccccc2-c2ccc(N(c3ccc(-c4cnc(-c5ccc(C=O)s5)c5nsnc45)cc3)c3ccc4c(c3)C(C)(C)c3ccccc3-4)cc21. The van der Waals surface area contributed by atoms with Gasteiger partial charge in [0.25, 0.3) is 0 Å². The molecule has 2 aliphatic rings. The average molecular weight is 723 g/mol. The van der Waals surface area contributed by atoms with Crippen molar-refractivity contribution in [2.24, 2.45) is 0 Å². The maximum absolute atomic E-state index is 11.4. The van der Waals surface area contributed by atoms with E-state index >= 15 is 0 Å². The van der Waals surface area contributed by atoms with Gasteiger partial charge in [0.15, 0.2) is 6.29 Å². The number of aldehydes is 1. The van der Waals surface area contributed by atoms with E-state index in [0.717, 1.165) is 56.1 Å². The minimum absolute atomic E-state index is 0.122. The third-order valence-corrected chi connectivity index (χ3v) is 12.9. The predicted octanol–water partition coefficient (Wildman–Crippen LogP) is 12.4. The van der Waals surface area contributed by atoms with Gasteiger partial charge in [-0.2, -0.15) is 8.75 Å². The number of fused-ring (bicyclic) bond motifs is 7. The monoisotopic (exact) mass is 722 g/mol. The smallest absolute Gasteiger partial charge is 0.160 e. The Bertz CT molecular complexity index is 2670. The number of anilines is 3. The zero-order valence-electron chi connectivity index (χ0n) is 29.7. The summed E-state index contributed by atoms with van der Waals surface area (Å²) in [6.07, 6.45) is 2.75. The molecule has 3 heterocycles. The van der Waals surface area contributed by atoms with Gasteiger partial charge in [0.2, 0.25) is 0 Å². The second-order valence-electron chi connectivity index (χ2n) is 15.0. The Kier molecular flexibility index (Phi) is 7.00. The van der Waals surface area contributed by atoms with Crippen LogP contribution in [0, 0.1) is 0 Å². The van der Waals surface area contributed by atoms with E-state index in [9.17, 15) is 4.79 Å². The molecule has 0 saturated carbocycles. The largest absolute Gasteiger partial charge is 0.310 e. The maximum atomic E-state index is 11.4. The number of hydrogen-bond acceptors (Lipinski definition) is 7. The first-order valence-electron chi connectivity index (χ1n) is 17.8. The summed E-state index contributed by atoms with van der Waals surface area (Å²) < 4.78 is 9.33. The molecule has 0 spiro atoms. The van der Waals surface area contributed by atoms with E-state index in [-0.39, 0.29) is 10.8 Å². The standard InChI is InChI=1S/C46H34N4OS2/c1-45(2)37-11-7-5-9-32(37)34-20-17-29(23-39(34)45)50(30-18-21-35-33-10-6-8-12-38(33)46(3,4)40(35)24-30)28-15-13-27(14-16-28)36-25-47-43(44-42(36)48-53-49-44)41-22-19-31(26-51)52-41/h5-26H,1-4H3. The molecule has 0 amide bonds. The van der Waals surface area contributed by atoms with Crippen molar-refractivity contribution < 1.29 is 4.79 Å². The van der Waals surface area contributed by atoms with Crippen molar-refractivity contribution in [3.63, 3.8) is 0 Å². The Morgan fingerprint density at radius 2 is 1.11 bits per heavy atom. The topological polar surface area (TPSA) is 59.0 Å². The van der Waals surface area contributed by atoms with Gasteiger partial charge in [0, 0.05) is 39.7 Å². The van der Waals surface area contributed by atoms with E-state index in [1.807, 2.05) is 18.3 Å². The highest BCUT2D eigenvalue weighted by Gasteiger charge is 2.37. The second kappa shape index (κ2) is 11.6. The van der Waals surface area contributed by atoms with Gasteiger partial charge in [-0.15, -0.1) is 11.3 Å². The molecule has 8 aromatic rings. The summed E-state index contributed by atoms with van der Waals surface area (Å²) in [6, 6.07) is 44.0. The Morgan fingerprint density at radius 1 is 0.566 bits per heavy atom. The van der Waals surface area contributed by atoms with E-state index in [1.165, 1.54) is 67.6 Å². The fourth-order valence-electron chi connectivity index (χ4n) is 8.61. The molecule has 2 aliphatic carbocycles. The highest BCUT2D eigenvalue weighted by Crippen LogP contribution is 2.53. The Balaban J connectivity index is 1.10. The third kappa shape index (κ3) is 4.74. The fraction of sp³-hybridized carbons (Fsp3) is 0.130. The van der Waals surface area contributed by atoms with Gasteiger partial charge in [0.1, 0.15) is 16.7 Å². The molecule has 0 radical (unpaired) electrons. The Labute approximate surface area is 316 Å². The van der Waals surface area contributed by atoms with Crippen LogP contribution in [0.1, 0.15) is 59.6 Å². The molecule has 5 nitrogen and oxygen atoms in total. The van der Waals surface area contributed by atoms with Crippen LogP contribution in [0.5, 0.6) is 0 Å². The van der Waals surface area contributed by atoms with Crippen molar-refractivity contribution in [3.05, 3.63) is 155 Å². The first kappa shape index (κ1) is 31.9. The Morgan fingerprint density at radius 3 is 1.70 bits per heavy atom. The summed E-state index contributed by atoms with van der Waals surface area (Å²) in [7, 11) is 0. The molecule has 0 aliphatic heterocycles. The zero-order valence-corrected chi connectivity index (χ0v) is 31.3. The van der Waals surface area contributed by atoms with Gasteiger partial charge in [-0.25, -0.2) is 0 Å². The van der Waals surface area contributed by atoms with Gasteiger partial charge in [-0.3, -0.25) is 9.78 Å². The average Bonchev–Trinajstić information content (AvgIpc) is 3.96. The van der Waals surface area contributed by atoms with Crippen molar-refractivity contribution in [1.82, 2.24) is 13.7 Å². The summed E-state index contributed by atoms with van der Waals surface area (Å²) in [6.45, 7) is 9.34. The summed E-state index contributed by atoms with van der Waals surface area (Å²) >= 11 is 2.60. The van der Waals surface area contributed by atoms with E-state index in [2.05, 4.69) is 146 Å². The number of rotatable bonds is 6. The number of thiophene rings is 1. The highest BCUT2D eigenvalue weighted by molar-refractivity contribution is 7.17. The number of carbonyl (C=O) groups is 1. The molecular weight excluding hydrogens is 689 g/mol. The van der Waals surface area contributed by atoms with Crippen LogP contribution in [-0.4, -0.2) is 20.0 Å². The number of aromatic nitrogens is 3. The number of hydrogen-bond donors (Lipinski definition) is 0. The lowest BCUT2D eigenvalue weighted by atomic mass is 9.82. The molecule has 0 bridgehead atoms. The lowest BCUT2D eigenvalue weighted by Crippen LogP contribution is -2.18. The lowest BCUT2D eigenvalue weighted by molar-refractivity contribution is 0.112. The molecule has 7 heteroatoms. The van der Waals surface area contributed by atoms with Crippen molar-refractivity contribution in [3.8, 4) is 44.0 Å². The van der Waals surface area contributed by atoms with Crippen LogP contribution in [0.3, 0.4) is 0 Å². The third-order valence-electron chi connectivity index (χ3n) is 11.4. The molecule has 256 valence electrons. The highest BCUT2D eigenvalue weighted by atomic mass is 32.1. The molecular formula is C46H34N4OS2. The number of carbonyl (C=O) groups excluding carboxylic acids is 1. The van der Waals surface area contributed by atoms with Gasteiger partial charge in [0.05, 0.1) is 21.5 Å². The lowest BCUT2D eigenvalue weighted by Gasteiger charge is -2.30. The van der Waals surface area contributed by atoms with Crippen molar-refractivity contribution in [1.29, 1.82) is 0 Å². The van der Waals surface area contributed by atoms with Crippen LogP contribution in [0.25, 0.3) is 55.0 Å². The normalized spacial score (nSPS) is 14.4. The van der Waals surface area contributed by atoms with E-state index < -0.39 is 0 Å². The number of nitrogens with zero attached hydrogens (tertiary/aromatic N) is 4.